The number of anilines is 2. The van der Waals surface area contributed by atoms with Crippen molar-refractivity contribution in [1.29, 1.82) is 0 Å². The maximum Gasteiger partial charge on any atom is 0.392 e. The van der Waals surface area contributed by atoms with Crippen molar-refractivity contribution in [2.24, 2.45) is 5.92 Å². The molecule has 1 aromatic rings. The molecule has 128 valence electrons. The average Bonchev–Trinajstić information content (AvgIpc) is 2.53. The number of rotatable bonds is 3. The van der Waals surface area contributed by atoms with Crippen LogP contribution >= 0.6 is 0 Å². The number of carbonyl (C=O) groups is 1. The fourth-order valence-electron chi connectivity index (χ4n) is 3.02. The van der Waals surface area contributed by atoms with E-state index in [1.807, 2.05) is 0 Å². The molecular weight excluding hydrogens is 311 g/mol. The highest BCUT2D eigenvalue weighted by Gasteiger charge is 2.47. The summed E-state index contributed by atoms with van der Waals surface area (Å²) in [4.78, 5) is 12.0. The molecule has 1 heterocycles. The second-order valence-electron chi connectivity index (χ2n) is 5.52. The molecule has 0 spiro atoms. The van der Waals surface area contributed by atoms with Crippen molar-refractivity contribution < 1.29 is 22.7 Å². The first-order valence-electron chi connectivity index (χ1n) is 7.26. The third-order valence-electron chi connectivity index (χ3n) is 4.20. The Morgan fingerprint density at radius 3 is 2.70 bits per heavy atom. The lowest BCUT2D eigenvalue weighted by Gasteiger charge is -2.35. The summed E-state index contributed by atoms with van der Waals surface area (Å²) in [5, 5.41) is 5.80. The van der Waals surface area contributed by atoms with Crippen molar-refractivity contribution in [2.75, 3.05) is 38.3 Å². The van der Waals surface area contributed by atoms with E-state index in [1.165, 1.54) is 19.2 Å². The van der Waals surface area contributed by atoms with Crippen molar-refractivity contribution in [3.63, 3.8) is 0 Å². The van der Waals surface area contributed by atoms with Gasteiger partial charge in [-0.15, -0.1) is 0 Å². The van der Waals surface area contributed by atoms with Crippen molar-refractivity contribution >= 4 is 17.3 Å². The standard InChI is InChI=1S/C15H20F3N3O2/c1-20-13-6-8(9(5-12(13)19)14(22)23-2)10-7-21-4-3-11(10)15(16,17)18/h5-6,10-11,20-21H,3-4,7,19H2,1-2H3. The van der Waals surface area contributed by atoms with Crippen LogP contribution in [-0.2, 0) is 4.74 Å². The van der Waals surface area contributed by atoms with Crippen LogP contribution in [0.4, 0.5) is 24.5 Å². The van der Waals surface area contributed by atoms with Crippen molar-refractivity contribution in [1.82, 2.24) is 5.32 Å². The highest BCUT2D eigenvalue weighted by Crippen LogP contribution is 2.43. The van der Waals surface area contributed by atoms with E-state index in [0.29, 0.717) is 17.8 Å². The molecule has 0 saturated carbocycles. The van der Waals surface area contributed by atoms with Crippen LogP contribution in [0.5, 0.6) is 0 Å². The molecule has 0 radical (unpaired) electrons. The van der Waals surface area contributed by atoms with Gasteiger partial charge < -0.3 is 21.1 Å². The number of nitrogens with one attached hydrogen (secondary N) is 2. The predicted octanol–water partition coefficient (Wildman–Crippen LogP) is 2.35. The summed E-state index contributed by atoms with van der Waals surface area (Å²) in [5.74, 6) is -3.08. The van der Waals surface area contributed by atoms with E-state index in [-0.39, 0.29) is 24.2 Å². The molecule has 1 aliphatic rings. The molecular formula is C15H20F3N3O2. The van der Waals surface area contributed by atoms with Gasteiger partial charge in [0.25, 0.3) is 0 Å². The van der Waals surface area contributed by atoms with Crippen LogP contribution in [-0.4, -0.2) is 39.4 Å². The zero-order chi connectivity index (χ0) is 17.2. The fourth-order valence-corrected chi connectivity index (χ4v) is 3.02. The number of hydrogen-bond acceptors (Lipinski definition) is 5. The summed E-state index contributed by atoms with van der Waals surface area (Å²) in [5.41, 5.74) is 6.97. The number of halogens is 3. The zero-order valence-electron chi connectivity index (χ0n) is 13.0. The molecule has 23 heavy (non-hydrogen) atoms. The van der Waals surface area contributed by atoms with Gasteiger partial charge in [0.1, 0.15) is 0 Å². The van der Waals surface area contributed by atoms with Crippen molar-refractivity contribution in [2.45, 2.75) is 18.5 Å². The Balaban J connectivity index is 2.56. The molecule has 0 aliphatic carbocycles. The topological polar surface area (TPSA) is 76.4 Å². The lowest BCUT2D eigenvalue weighted by molar-refractivity contribution is -0.185. The molecule has 4 N–H and O–H groups in total. The first-order chi connectivity index (χ1) is 10.8. The fraction of sp³-hybridized carbons (Fsp3) is 0.533. The predicted molar refractivity (Wildman–Crippen MR) is 81.5 cm³/mol. The first kappa shape index (κ1) is 17.4. The largest absolute Gasteiger partial charge is 0.465 e. The number of methoxy groups -OCH3 is 1. The number of esters is 1. The lowest BCUT2D eigenvalue weighted by atomic mass is 9.79. The second-order valence-corrected chi connectivity index (χ2v) is 5.52. The van der Waals surface area contributed by atoms with Gasteiger partial charge in [0.05, 0.1) is 30.0 Å². The van der Waals surface area contributed by atoms with E-state index < -0.39 is 24.0 Å². The van der Waals surface area contributed by atoms with Gasteiger partial charge in [-0.2, -0.15) is 13.2 Å². The number of nitrogens with two attached hydrogens (primary N) is 1. The van der Waals surface area contributed by atoms with Crippen LogP contribution in [0.2, 0.25) is 0 Å². The van der Waals surface area contributed by atoms with Gasteiger partial charge in [0, 0.05) is 19.5 Å². The van der Waals surface area contributed by atoms with E-state index >= 15 is 0 Å². The first-order valence-corrected chi connectivity index (χ1v) is 7.26. The van der Waals surface area contributed by atoms with Crippen LogP contribution in [0, 0.1) is 5.92 Å². The summed E-state index contributed by atoms with van der Waals surface area (Å²) in [6, 6.07) is 2.88. The summed E-state index contributed by atoms with van der Waals surface area (Å²) in [7, 11) is 2.81. The molecule has 2 unspecified atom stereocenters. The Morgan fingerprint density at radius 2 is 2.13 bits per heavy atom. The van der Waals surface area contributed by atoms with E-state index in [1.54, 1.807) is 7.05 Å². The van der Waals surface area contributed by atoms with Crippen LogP contribution < -0.4 is 16.4 Å². The number of carbonyl (C=O) groups excluding carboxylic acids is 1. The SMILES string of the molecule is CNc1cc(C2CNCCC2C(F)(F)F)c(C(=O)OC)cc1N. The Morgan fingerprint density at radius 1 is 1.43 bits per heavy atom. The number of hydrogen-bond donors (Lipinski definition) is 3. The third kappa shape index (κ3) is 3.52. The van der Waals surface area contributed by atoms with Gasteiger partial charge in [0.2, 0.25) is 0 Å². The minimum Gasteiger partial charge on any atom is -0.465 e. The van der Waals surface area contributed by atoms with Crippen LogP contribution in [0.25, 0.3) is 0 Å². The van der Waals surface area contributed by atoms with Crippen LogP contribution in [0.15, 0.2) is 12.1 Å². The third-order valence-corrected chi connectivity index (χ3v) is 4.20. The molecule has 1 aliphatic heterocycles. The maximum atomic E-state index is 13.4. The minimum absolute atomic E-state index is 0.0337. The van der Waals surface area contributed by atoms with E-state index in [9.17, 15) is 18.0 Å². The molecule has 2 rings (SSSR count). The number of alkyl halides is 3. The smallest absolute Gasteiger partial charge is 0.392 e. The molecule has 1 saturated heterocycles. The number of piperidine rings is 1. The van der Waals surface area contributed by atoms with E-state index in [2.05, 4.69) is 10.6 Å². The Hall–Kier alpha value is -1.96. The molecule has 0 bridgehead atoms. The number of benzene rings is 1. The van der Waals surface area contributed by atoms with E-state index in [4.69, 9.17) is 10.5 Å². The number of ether oxygens (including phenoxy) is 1. The van der Waals surface area contributed by atoms with Gasteiger partial charge in [0.15, 0.2) is 0 Å². The Labute approximate surface area is 132 Å². The van der Waals surface area contributed by atoms with Gasteiger partial charge in [-0.3, -0.25) is 0 Å². The molecule has 0 amide bonds. The van der Waals surface area contributed by atoms with Gasteiger partial charge in [-0.1, -0.05) is 0 Å². The van der Waals surface area contributed by atoms with Gasteiger partial charge in [-0.05, 0) is 30.7 Å². The van der Waals surface area contributed by atoms with Crippen LogP contribution in [0.3, 0.4) is 0 Å². The monoisotopic (exact) mass is 331 g/mol. The van der Waals surface area contributed by atoms with Gasteiger partial charge in [-0.25, -0.2) is 4.79 Å². The quantitative estimate of drug-likeness (QED) is 0.585. The minimum atomic E-state index is -4.33. The van der Waals surface area contributed by atoms with Crippen LogP contribution in [0.1, 0.15) is 28.3 Å². The molecule has 1 fully saturated rings. The normalized spacial score (nSPS) is 21.8. The lowest BCUT2D eigenvalue weighted by Crippen LogP contribution is -2.42. The van der Waals surface area contributed by atoms with E-state index in [0.717, 1.165) is 0 Å². The highest BCUT2D eigenvalue weighted by atomic mass is 19.4. The Kier molecular flexibility index (Phi) is 5.03. The summed E-state index contributed by atoms with van der Waals surface area (Å²) >= 11 is 0. The molecule has 2 atom stereocenters. The summed E-state index contributed by atoms with van der Waals surface area (Å²) in [6.07, 6.45) is -4.37. The molecule has 1 aromatic carbocycles. The van der Waals surface area contributed by atoms with Gasteiger partial charge >= 0.3 is 12.1 Å². The van der Waals surface area contributed by atoms with Crippen molar-refractivity contribution in [3.05, 3.63) is 23.3 Å². The summed E-state index contributed by atoms with van der Waals surface area (Å²) < 4.78 is 44.8. The average molecular weight is 331 g/mol. The number of nitrogen functional groups attached to an aromatic ring is 1. The highest BCUT2D eigenvalue weighted by molar-refractivity contribution is 5.94. The summed E-state index contributed by atoms with van der Waals surface area (Å²) in [6.45, 7) is 0.434. The van der Waals surface area contributed by atoms with Crippen molar-refractivity contribution in [3.8, 4) is 0 Å². The zero-order valence-corrected chi connectivity index (χ0v) is 13.0. The second kappa shape index (κ2) is 6.66. The molecule has 8 heteroatoms. The maximum absolute atomic E-state index is 13.4. The molecule has 5 nitrogen and oxygen atoms in total. The molecule has 0 aromatic heterocycles. The Bertz CT molecular complexity index is 590.